The number of ether oxygens (including phenoxy) is 1. The standard InChI is InChI=1S/C14H19N3O3/c15-12(17-19)14(7-4-8-14)13(18)16-9-10-20-11-5-2-1-3-6-11/h1-3,5-6,19H,4,7-10H2,(H2,15,17)(H,16,18). The predicted octanol–water partition coefficient (Wildman–Crippen LogP) is 1.10. The van der Waals surface area contributed by atoms with Gasteiger partial charge in [-0.05, 0) is 25.0 Å². The molecule has 0 saturated heterocycles. The van der Waals surface area contributed by atoms with Gasteiger partial charge >= 0.3 is 0 Å². The Morgan fingerprint density at radius 1 is 1.40 bits per heavy atom. The molecule has 1 aromatic carbocycles. The van der Waals surface area contributed by atoms with Gasteiger partial charge in [0, 0.05) is 0 Å². The number of oxime groups is 1. The molecule has 1 amide bonds. The van der Waals surface area contributed by atoms with E-state index in [1.165, 1.54) is 0 Å². The maximum Gasteiger partial charge on any atom is 0.234 e. The van der Waals surface area contributed by atoms with Gasteiger partial charge in [0.25, 0.3) is 0 Å². The summed E-state index contributed by atoms with van der Waals surface area (Å²) >= 11 is 0. The summed E-state index contributed by atoms with van der Waals surface area (Å²) < 4.78 is 5.48. The fraction of sp³-hybridized carbons (Fsp3) is 0.429. The average molecular weight is 277 g/mol. The molecule has 108 valence electrons. The van der Waals surface area contributed by atoms with Crippen LogP contribution in [0.15, 0.2) is 35.5 Å². The number of carbonyl (C=O) groups is 1. The maximum atomic E-state index is 12.1. The van der Waals surface area contributed by atoms with Crippen LogP contribution >= 0.6 is 0 Å². The molecule has 0 spiro atoms. The summed E-state index contributed by atoms with van der Waals surface area (Å²) in [7, 11) is 0. The van der Waals surface area contributed by atoms with Gasteiger partial charge in [0.05, 0.1) is 6.54 Å². The maximum absolute atomic E-state index is 12.1. The van der Waals surface area contributed by atoms with Crippen LogP contribution in [0.2, 0.25) is 0 Å². The lowest BCUT2D eigenvalue weighted by molar-refractivity contribution is -0.131. The molecule has 0 aliphatic heterocycles. The van der Waals surface area contributed by atoms with Crippen molar-refractivity contribution in [2.75, 3.05) is 13.2 Å². The van der Waals surface area contributed by atoms with Crippen molar-refractivity contribution >= 4 is 11.7 Å². The van der Waals surface area contributed by atoms with Crippen LogP contribution in [0.25, 0.3) is 0 Å². The molecule has 1 aliphatic carbocycles. The second-order valence-corrected chi connectivity index (χ2v) is 4.84. The minimum absolute atomic E-state index is 0.00905. The van der Waals surface area contributed by atoms with Crippen molar-refractivity contribution in [3.63, 3.8) is 0 Å². The third-order valence-electron chi connectivity index (χ3n) is 3.64. The second kappa shape index (κ2) is 6.27. The van der Waals surface area contributed by atoms with Gasteiger partial charge in [0.15, 0.2) is 5.84 Å². The topological polar surface area (TPSA) is 96.9 Å². The van der Waals surface area contributed by atoms with Crippen LogP contribution in [0.5, 0.6) is 5.75 Å². The SMILES string of the molecule is N/C(=N/O)C1(C(=O)NCCOc2ccccc2)CCC1. The molecule has 20 heavy (non-hydrogen) atoms. The molecule has 4 N–H and O–H groups in total. The van der Waals surface area contributed by atoms with Gasteiger partial charge in [-0.15, -0.1) is 0 Å². The number of amides is 1. The summed E-state index contributed by atoms with van der Waals surface area (Å²) in [5.41, 5.74) is 4.79. The van der Waals surface area contributed by atoms with E-state index in [1.54, 1.807) is 0 Å². The van der Waals surface area contributed by atoms with E-state index in [0.29, 0.717) is 26.0 Å². The van der Waals surface area contributed by atoms with E-state index in [2.05, 4.69) is 10.5 Å². The molecular weight excluding hydrogens is 258 g/mol. The van der Waals surface area contributed by atoms with E-state index in [9.17, 15) is 4.79 Å². The first-order chi connectivity index (χ1) is 9.69. The summed E-state index contributed by atoms with van der Waals surface area (Å²) in [5, 5.41) is 14.5. The van der Waals surface area contributed by atoms with E-state index in [-0.39, 0.29) is 11.7 Å². The smallest absolute Gasteiger partial charge is 0.234 e. The highest BCUT2D eigenvalue weighted by atomic mass is 16.5. The number of nitrogens with zero attached hydrogens (tertiary/aromatic N) is 1. The molecule has 0 aromatic heterocycles. The van der Waals surface area contributed by atoms with Gasteiger partial charge in [-0.2, -0.15) is 0 Å². The van der Waals surface area contributed by atoms with Crippen LogP contribution < -0.4 is 15.8 Å². The van der Waals surface area contributed by atoms with Gasteiger partial charge in [0.2, 0.25) is 5.91 Å². The van der Waals surface area contributed by atoms with Crippen molar-refractivity contribution in [1.29, 1.82) is 0 Å². The summed E-state index contributed by atoms with van der Waals surface area (Å²) in [6, 6.07) is 9.38. The quantitative estimate of drug-likeness (QED) is 0.238. The lowest BCUT2D eigenvalue weighted by atomic mass is 9.67. The molecule has 2 rings (SSSR count). The number of benzene rings is 1. The molecular formula is C14H19N3O3. The minimum atomic E-state index is -0.832. The van der Waals surface area contributed by atoms with Crippen LogP contribution in [0.1, 0.15) is 19.3 Å². The number of rotatable bonds is 6. The summed E-state index contributed by atoms with van der Waals surface area (Å²) in [5.74, 6) is 0.553. The van der Waals surface area contributed by atoms with Gasteiger partial charge in [-0.25, -0.2) is 0 Å². The second-order valence-electron chi connectivity index (χ2n) is 4.84. The Labute approximate surface area is 117 Å². The third-order valence-corrected chi connectivity index (χ3v) is 3.64. The fourth-order valence-corrected chi connectivity index (χ4v) is 2.24. The number of amidine groups is 1. The highest BCUT2D eigenvalue weighted by molar-refractivity contribution is 6.07. The van der Waals surface area contributed by atoms with Crippen molar-refractivity contribution in [1.82, 2.24) is 5.32 Å². The lowest BCUT2D eigenvalue weighted by Gasteiger charge is -2.38. The molecule has 0 atom stereocenters. The largest absolute Gasteiger partial charge is 0.492 e. The van der Waals surface area contributed by atoms with E-state index >= 15 is 0 Å². The summed E-state index contributed by atoms with van der Waals surface area (Å²) in [6.45, 7) is 0.760. The number of hydrogen-bond acceptors (Lipinski definition) is 4. The van der Waals surface area contributed by atoms with Crippen molar-refractivity contribution in [2.24, 2.45) is 16.3 Å². The zero-order valence-electron chi connectivity index (χ0n) is 11.2. The van der Waals surface area contributed by atoms with Crippen LogP contribution in [-0.2, 0) is 4.79 Å². The number of hydrogen-bond donors (Lipinski definition) is 3. The van der Waals surface area contributed by atoms with Crippen LogP contribution in [0.3, 0.4) is 0 Å². The molecule has 0 heterocycles. The molecule has 1 fully saturated rings. The molecule has 6 nitrogen and oxygen atoms in total. The van der Waals surface area contributed by atoms with Crippen molar-refractivity contribution in [3.05, 3.63) is 30.3 Å². The van der Waals surface area contributed by atoms with Crippen LogP contribution in [-0.4, -0.2) is 30.1 Å². The van der Waals surface area contributed by atoms with Gasteiger partial charge in [0.1, 0.15) is 17.8 Å². The molecule has 6 heteroatoms. The first-order valence-corrected chi connectivity index (χ1v) is 6.63. The van der Waals surface area contributed by atoms with Crippen LogP contribution in [0, 0.1) is 5.41 Å². The van der Waals surface area contributed by atoms with E-state index < -0.39 is 5.41 Å². The Hall–Kier alpha value is -2.24. The zero-order valence-corrected chi connectivity index (χ0v) is 11.2. The lowest BCUT2D eigenvalue weighted by Crippen LogP contribution is -2.54. The predicted molar refractivity (Wildman–Crippen MR) is 74.6 cm³/mol. The Morgan fingerprint density at radius 2 is 2.10 bits per heavy atom. The Kier molecular flexibility index (Phi) is 4.45. The molecule has 1 aliphatic rings. The van der Waals surface area contributed by atoms with Gasteiger partial charge in [-0.1, -0.05) is 29.8 Å². The third kappa shape index (κ3) is 2.84. The molecule has 1 aromatic rings. The number of carbonyl (C=O) groups excluding carboxylic acids is 1. The monoisotopic (exact) mass is 277 g/mol. The van der Waals surface area contributed by atoms with Crippen LogP contribution in [0.4, 0.5) is 0 Å². The van der Waals surface area contributed by atoms with Crippen molar-refractivity contribution < 1.29 is 14.7 Å². The number of para-hydroxylation sites is 1. The average Bonchev–Trinajstić information content (AvgIpc) is 2.43. The number of nitrogens with two attached hydrogens (primary N) is 1. The highest BCUT2D eigenvalue weighted by Gasteiger charge is 2.48. The number of nitrogens with one attached hydrogen (secondary N) is 1. The van der Waals surface area contributed by atoms with Gasteiger partial charge < -0.3 is 21.0 Å². The zero-order chi connectivity index (χ0) is 14.4. The normalized spacial score (nSPS) is 17.1. The van der Waals surface area contributed by atoms with E-state index in [0.717, 1.165) is 12.2 Å². The molecule has 0 unspecified atom stereocenters. The minimum Gasteiger partial charge on any atom is -0.492 e. The summed E-state index contributed by atoms with van der Waals surface area (Å²) in [6.07, 6.45) is 2.15. The fourth-order valence-electron chi connectivity index (χ4n) is 2.24. The van der Waals surface area contributed by atoms with Crippen molar-refractivity contribution in [2.45, 2.75) is 19.3 Å². The summed E-state index contributed by atoms with van der Waals surface area (Å²) in [4.78, 5) is 12.1. The van der Waals surface area contributed by atoms with E-state index in [4.69, 9.17) is 15.7 Å². The van der Waals surface area contributed by atoms with E-state index in [1.807, 2.05) is 30.3 Å². The highest BCUT2D eigenvalue weighted by Crippen LogP contribution is 2.41. The Balaban J connectivity index is 1.78. The molecule has 0 bridgehead atoms. The first kappa shape index (κ1) is 14.2. The Morgan fingerprint density at radius 3 is 2.65 bits per heavy atom. The molecule has 1 saturated carbocycles. The first-order valence-electron chi connectivity index (χ1n) is 6.63. The molecule has 0 radical (unpaired) electrons. The van der Waals surface area contributed by atoms with Gasteiger partial charge in [-0.3, -0.25) is 4.79 Å². The Bertz CT molecular complexity index is 484. The van der Waals surface area contributed by atoms with Crippen molar-refractivity contribution in [3.8, 4) is 5.75 Å².